The first-order valence-corrected chi connectivity index (χ1v) is 13.2. The topological polar surface area (TPSA) is 90.4 Å². The Bertz CT molecular complexity index is 1050. The van der Waals surface area contributed by atoms with E-state index in [-0.39, 0.29) is 30.9 Å². The lowest BCUT2D eigenvalue weighted by molar-refractivity contribution is -0.155. The zero-order chi connectivity index (χ0) is 26.8. The number of hydrogen-bond acceptors (Lipinski definition) is 5. The molecule has 3 amide bonds. The maximum Gasteiger partial charge on any atom is 0.248 e. The summed E-state index contributed by atoms with van der Waals surface area (Å²) in [5.74, 6) is -2.00. The highest BCUT2D eigenvalue weighted by atomic mass is 16.5. The van der Waals surface area contributed by atoms with Gasteiger partial charge < -0.3 is 24.5 Å². The van der Waals surface area contributed by atoms with Crippen LogP contribution in [0.25, 0.3) is 0 Å². The molecule has 3 aliphatic heterocycles. The summed E-state index contributed by atoms with van der Waals surface area (Å²) in [5.41, 5.74) is -0.888. The fraction of sp³-hybridized carbons (Fsp3) is 0.552. The average molecular weight is 510 g/mol. The molecule has 3 heterocycles. The van der Waals surface area contributed by atoms with Gasteiger partial charge >= 0.3 is 0 Å². The van der Waals surface area contributed by atoms with Crippen molar-refractivity contribution in [2.75, 3.05) is 33.3 Å². The molecule has 37 heavy (non-hydrogen) atoms. The predicted molar refractivity (Wildman–Crippen MR) is 140 cm³/mol. The molecule has 0 saturated carbocycles. The van der Waals surface area contributed by atoms with Crippen LogP contribution >= 0.6 is 0 Å². The summed E-state index contributed by atoms with van der Waals surface area (Å²) in [6, 6.07) is 8.83. The molecule has 1 spiro atoms. The summed E-state index contributed by atoms with van der Waals surface area (Å²) < 4.78 is 6.80. The van der Waals surface area contributed by atoms with Crippen molar-refractivity contribution in [3.8, 4) is 0 Å². The molecule has 3 saturated heterocycles. The van der Waals surface area contributed by atoms with Crippen LogP contribution in [-0.2, 0) is 25.7 Å². The van der Waals surface area contributed by atoms with E-state index in [1.54, 1.807) is 33.9 Å². The smallest absolute Gasteiger partial charge is 0.248 e. The molecule has 4 rings (SSSR count). The Kier molecular flexibility index (Phi) is 7.90. The summed E-state index contributed by atoms with van der Waals surface area (Å²) >= 11 is 0. The van der Waals surface area contributed by atoms with Crippen molar-refractivity contribution >= 4 is 17.7 Å². The molecule has 5 atom stereocenters. The Hall–Kier alpha value is -2.97. The number of amides is 3. The molecule has 8 nitrogen and oxygen atoms in total. The number of hydrogen-bond donors (Lipinski definition) is 1. The molecule has 1 aromatic rings. The first-order valence-electron chi connectivity index (χ1n) is 13.2. The number of aliphatic hydroxyl groups excluding tert-OH is 1. The van der Waals surface area contributed by atoms with Crippen molar-refractivity contribution in [2.45, 2.75) is 56.4 Å². The number of nitrogens with zero attached hydrogens (tertiary/aromatic N) is 3. The van der Waals surface area contributed by atoms with Gasteiger partial charge in [-0.15, -0.1) is 13.2 Å². The summed E-state index contributed by atoms with van der Waals surface area (Å²) in [4.78, 5) is 47.0. The van der Waals surface area contributed by atoms with Crippen LogP contribution in [0.2, 0.25) is 0 Å². The monoisotopic (exact) mass is 509 g/mol. The summed E-state index contributed by atoms with van der Waals surface area (Å²) in [6.45, 7) is 10.7. The minimum absolute atomic E-state index is 0.104. The maximum absolute atomic E-state index is 14.3. The van der Waals surface area contributed by atoms with Crippen molar-refractivity contribution in [1.29, 1.82) is 0 Å². The van der Waals surface area contributed by atoms with E-state index < -0.39 is 29.1 Å². The SMILES string of the molecule is C=CCN(C)C(=O)[C@@H]1[C@H]2C(=O)N(CCCO)C(C(=O)N(CC=C)Cc3ccccc3)C23CC[C@@]1(CC)O3. The van der Waals surface area contributed by atoms with Gasteiger partial charge in [0.2, 0.25) is 17.7 Å². The van der Waals surface area contributed by atoms with E-state index in [1.165, 1.54) is 0 Å². The average Bonchev–Trinajstić information content (AvgIpc) is 3.50. The fourth-order valence-corrected chi connectivity index (χ4v) is 6.74. The normalized spacial score (nSPS) is 29.8. The van der Waals surface area contributed by atoms with Gasteiger partial charge in [0.1, 0.15) is 11.6 Å². The minimum Gasteiger partial charge on any atom is -0.396 e. The molecule has 200 valence electrons. The van der Waals surface area contributed by atoms with Crippen LogP contribution in [0.5, 0.6) is 0 Å². The molecular formula is C29H39N3O5. The zero-order valence-corrected chi connectivity index (χ0v) is 22.0. The number of carbonyl (C=O) groups is 3. The van der Waals surface area contributed by atoms with Gasteiger partial charge in [0, 0.05) is 39.8 Å². The second-order valence-electron chi connectivity index (χ2n) is 10.4. The number of aliphatic hydroxyl groups is 1. The number of carbonyl (C=O) groups excluding carboxylic acids is 3. The van der Waals surface area contributed by atoms with Gasteiger partial charge in [-0.3, -0.25) is 14.4 Å². The Morgan fingerprint density at radius 1 is 1.16 bits per heavy atom. The van der Waals surface area contributed by atoms with Gasteiger partial charge in [-0.1, -0.05) is 49.4 Å². The molecule has 3 aliphatic rings. The van der Waals surface area contributed by atoms with E-state index in [0.29, 0.717) is 45.3 Å². The van der Waals surface area contributed by atoms with Crippen LogP contribution in [0.15, 0.2) is 55.6 Å². The van der Waals surface area contributed by atoms with Crippen molar-refractivity contribution in [3.63, 3.8) is 0 Å². The number of ether oxygens (including phenoxy) is 1. The van der Waals surface area contributed by atoms with Crippen LogP contribution < -0.4 is 0 Å². The molecule has 3 fully saturated rings. The largest absolute Gasteiger partial charge is 0.396 e. The zero-order valence-electron chi connectivity index (χ0n) is 22.0. The summed E-state index contributed by atoms with van der Waals surface area (Å²) in [6.07, 6.45) is 5.41. The van der Waals surface area contributed by atoms with Gasteiger partial charge in [0.05, 0.1) is 17.4 Å². The second kappa shape index (κ2) is 10.8. The third kappa shape index (κ3) is 4.40. The van der Waals surface area contributed by atoms with Crippen LogP contribution in [0, 0.1) is 11.8 Å². The van der Waals surface area contributed by atoms with Crippen LogP contribution in [0.1, 0.15) is 38.2 Å². The lowest BCUT2D eigenvalue weighted by Crippen LogP contribution is -2.56. The van der Waals surface area contributed by atoms with E-state index in [4.69, 9.17) is 4.74 Å². The lowest BCUT2D eigenvalue weighted by Gasteiger charge is -2.37. The second-order valence-corrected chi connectivity index (χ2v) is 10.4. The number of likely N-dealkylation sites (N-methyl/N-ethyl adjacent to an activating group) is 1. The number of fused-ring (bicyclic) bond motifs is 1. The van der Waals surface area contributed by atoms with E-state index >= 15 is 0 Å². The van der Waals surface area contributed by atoms with E-state index in [2.05, 4.69) is 13.2 Å². The van der Waals surface area contributed by atoms with E-state index in [0.717, 1.165) is 5.56 Å². The lowest BCUT2D eigenvalue weighted by atomic mass is 9.64. The highest BCUT2D eigenvalue weighted by Gasteiger charge is 2.78. The molecule has 0 aliphatic carbocycles. The van der Waals surface area contributed by atoms with Crippen LogP contribution in [0.3, 0.4) is 0 Å². The van der Waals surface area contributed by atoms with Gasteiger partial charge in [-0.2, -0.15) is 0 Å². The molecule has 2 bridgehead atoms. The molecule has 0 radical (unpaired) electrons. The van der Waals surface area contributed by atoms with Gasteiger partial charge in [-0.05, 0) is 31.2 Å². The van der Waals surface area contributed by atoms with Crippen molar-refractivity contribution < 1.29 is 24.2 Å². The summed E-state index contributed by atoms with van der Waals surface area (Å²) in [5, 5.41) is 9.56. The predicted octanol–water partition coefficient (Wildman–Crippen LogP) is 2.38. The standard InChI is InChI=1S/C29H39N3O5/c1-5-16-30(4)25(34)22-23-26(35)32(18-11-19-33)24(29(23)15-14-28(22,7-3)37-29)27(36)31(17-6-2)20-21-12-9-8-10-13-21/h5-6,8-10,12-13,22-24,33H,1-2,7,11,14-20H2,3-4H3/t22-,23-,24?,28+,29?/m0/s1. The maximum atomic E-state index is 14.3. The molecule has 2 unspecified atom stereocenters. The highest BCUT2D eigenvalue weighted by Crippen LogP contribution is 2.64. The van der Waals surface area contributed by atoms with Crippen LogP contribution in [0.4, 0.5) is 0 Å². The quantitative estimate of drug-likeness (QED) is 0.437. The van der Waals surface area contributed by atoms with E-state index in [9.17, 15) is 19.5 Å². The van der Waals surface area contributed by atoms with Crippen LogP contribution in [-0.4, -0.2) is 88.1 Å². The molecule has 8 heteroatoms. The Morgan fingerprint density at radius 2 is 1.86 bits per heavy atom. The van der Waals surface area contributed by atoms with E-state index in [1.807, 2.05) is 37.3 Å². The Balaban J connectivity index is 1.76. The first kappa shape index (κ1) is 27.1. The number of benzene rings is 1. The molecule has 1 aromatic carbocycles. The van der Waals surface area contributed by atoms with Gasteiger partial charge in [0.15, 0.2) is 0 Å². The number of likely N-dealkylation sites (tertiary alicyclic amines) is 1. The molecule has 1 N–H and O–H groups in total. The Labute approximate surface area is 219 Å². The number of rotatable bonds is 12. The summed E-state index contributed by atoms with van der Waals surface area (Å²) in [7, 11) is 1.71. The third-order valence-electron chi connectivity index (χ3n) is 8.39. The molecule has 0 aromatic heterocycles. The Morgan fingerprint density at radius 3 is 2.49 bits per heavy atom. The third-order valence-corrected chi connectivity index (χ3v) is 8.39. The van der Waals surface area contributed by atoms with Gasteiger partial charge in [0.25, 0.3) is 0 Å². The van der Waals surface area contributed by atoms with Crippen molar-refractivity contribution in [3.05, 3.63) is 61.2 Å². The van der Waals surface area contributed by atoms with Gasteiger partial charge in [-0.25, -0.2) is 0 Å². The molecular weight excluding hydrogens is 470 g/mol. The minimum atomic E-state index is -1.08. The van der Waals surface area contributed by atoms with Crippen molar-refractivity contribution in [1.82, 2.24) is 14.7 Å². The highest BCUT2D eigenvalue weighted by molar-refractivity contribution is 5.99. The van der Waals surface area contributed by atoms with Crippen molar-refractivity contribution in [2.24, 2.45) is 11.8 Å². The first-order chi connectivity index (χ1) is 17.8. The fourth-order valence-electron chi connectivity index (χ4n) is 6.74.